The van der Waals surface area contributed by atoms with Gasteiger partial charge in [0.1, 0.15) is 5.75 Å². The zero-order valence-corrected chi connectivity index (χ0v) is 14.7. The van der Waals surface area contributed by atoms with E-state index in [9.17, 15) is 9.90 Å². The van der Waals surface area contributed by atoms with Crippen LogP contribution in [0.2, 0.25) is 0 Å². The highest BCUT2D eigenvalue weighted by atomic mass is 16.5. The Hall–Kier alpha value is -2.29. The van der Waals surface area contributed by atoms with Crippen molar-refractivity contribution in [1.82, 2.24) is 0 Å². The second kappa shape index (κ2) is 8.53. The molecule has 0 bridgehead atoms. The van der Waals surface area contributed by atoms with Crippen LogP contribution in [0.3, 0.4) is 0 Å². The number of hydrogen-bond acceptors (Lipinski definition) is 2. The number of aliphatic carboxylic acids is 1. The molecule has 1 unspecified atom stereocenters. The third-order valence-corrected chi connectivity index (χ3v) is 4.23. The monoisotopic (exact) mass is 326 g/mol. The molecule has 2 rings (SSSR count). The molecule has 0 radical (unpaired) electrons. The number of aryl methyl sites for hydroxylation is 2. The van der Waals surface area contributed by atoms with Gasteiger partial charge in [-0.25, -0.2) is 0 Å². The maximum Gasteiger partial charge on any atom is 0.311 e. The van der Waals surface area contributed by atoms with Gasteiger partial charge in [-0.2, -0.15) is 0 Å². The highest BCUT2D eigenvalue weighted by Crippen LogP contribution is 2.26. The summed E-state index contributed by atoms with van der Waals surface area (Å²) in [6.07, 6.45) is 2.62. The Morgan fingerprint density at radius 2 is 1.83 bits per heavy atom. The standard InChI is InChI=1S/C21H26O3/c1-4-5-12-24-18-9-7-17(8-10-18)14-20(21(22)23)19-11-6-15(2)13-16(19)3/h6-11,13,20H,4-5,12,14H2,1-3H3,(H,22,23). The lowest BCUT2D eigenvalue weighted by Gasteiger charge is -2.16. The molecule has 1 atom stereocenters. The zero-order valence-electron chi connectivity index (χ0n) is 14.7. The van der Waals surface area contributed by atoms with Gasteiger partial charge in [-0.15, -0.1) is 0 Å². The molecule has 3 nitrogen and oxygen atoms in total. The Kier molecular flexibility index (Phi) is 6.42. The molecule has 0 spiro atoms. The van der Waals surface area contributed by atoms with Crippen molar-refractivity contribution in [2.45, 2.75) is 46.0 Å². The number of unbranched alkanes of at least 4 members (excludes halogenated alkanes) is 1. The molecule has 2 aromatic carbocycles. The highest BCUT2D eigenvalue weighted by molar-refractivity contribution is 5.77. The molecule has 24 heavy (non-hydrogen) atoms. The largest absolute Gasteiger partial charge is 0.494 e. The van der Waals surface area contributed by atoms with Crippen LogP contribution in [-0.4, -0.2) is 17.7 Å². The van der Waals surface area contributed by atoms with Crippen LogP contribution < -0.4 is 4.74 Å². The normalized spacial score (nSPS) is 12.0. The Balaban J connectivity index is 2.12. The van der Waals surface area contributed by atoms with Crippen LogP contribution in [0.4, 0.5) is 0 Å². The van der Waals surface area contributed by atoms with Crippen LogP contribution >= 0.6 is 0 Å². The first kappa shape index (κ1) is 18.1. The van der Waals surface area contributed by atoms with Crippen molar-refractivity contribution in [2.75, 3.05) is 6.61 Å². The summed E-state index contributed by atoms with van der Waals surface area (Å²) in [4.78, 5) is 11.8. The fourth-order valence-corrected chi connectivity index (χ4v) is 2.84. The SMILES string of the molecule is CCCCOc1ccc(CC(C(=O)O)c2ccc(C)cc2C)cc1. The molecule has 3 heteroatoms. The Morgan fingerprint density at radius 1 is 1.12 bits per heavy atom. The molecule has 1 N–H and O–H groups in total. The average molecular weight is 326 g/mol. The number of ether oxygens (including phenoxy) is 1. The van der Waals surface area contributed by atoms with Crippen LogP contribution in [0, 0.1) is 13.8 Å². The quantitative estimate of drug-likeness (QED) is 0.702. The van der Waals surface area contributed by atoms with Crippen molar-refractivity contribution in [3.8, 4) is 5.75 Å². The van der Waals surface area contributed by atoms with Gasteiger partial charge in [-0.05, 0) is 55.5 Å². The maximum absolute atomic E-state index is 11.8. The summed E-state index contributed by atoms with van der Waals surface area (Å²) in [6.45, 7) is 6.84. The van der Waals surface area contributed by atoms with E-state index >= 15 is 0 Å². The van der Waals surface area contributed by atoms with Gasteiger partial charge < -0.3 is 9.84 Å². The topological polar surface area (TPSA) is 46.5 Å². The summed E-state index contributed by atoms with van der Waals surface area (Å²) < 4.78 is 5.65. The molecular formula is C21H26O3. The van der Waals surface area contributed by atoms with E-state index in [0.29, 0.717) is 6.42 Å². The van der Waals surface area contributed by atoms with Gasteiger partial charge in [-0.3, -0.25) is 4.79 Å². The molecule has 0 amide bonds. The van der Waals surface area contributed by atoms with E-state index in [1.807, 2.05) is 56.3 Å². The van der Waals surface area contributed by atoms with Gasteiger partial charge in [-0.1, -0.05) is 49.2 Å². The van der Waals surface area contributed by atoms with Gasteiger partial charge in [0.05, 0.1) is 12.5 Å². The Labute approximate surface area is 144 Å². The summed E-state index contributed by atoms with van der Waals surface area (Å²) in [6, 6.07) is 13.7. The minimum absolute atomic E-state index is 0.481. The maximum atomic E-state index is 11.8. The third kappa shape index (κ3) is 4.85. The van der Waals surface area contributed by atoms with Crippen molar-refractivity contribution < 1.29 is 14.6 Å². The number of rotatable bonds is 8. The van der Waals surface area contributed by atoms with Crippen molar-refractivity contribution in [1.29, 1.82) is 0 Å². The molecule has 128 valence electrons. The van der Waals surface area contributed by atoms with Gasteiger partial charge in [0.25, 0.3) is 0 Å². The number of carbonyl (C=O) groups is 1. The lowest BCUT2D eigenvalue weighted by atomic mass is 9.88. The molecule has 0 fully saturated rings. The number of carboxylic acids is 1. The first-order valence-electron chi connectivity index (χ1n) is 8.53. The smallest absolute Gasteiger partial charge is 0.311 e. The van der Waals surface area contributed by atoms with Crippen LogP contribution in [0.25, 0.3) is 0 Å². The van der Waals surface area contributed by atoms with E-state index in [1.54, 1.807) is 0 Å². The zero-order chi connectivity index (χ0) is 17.5. The summed E-state index contributed by atoms with van der Waals surface area (Å²) >= 11 is 0. The molecule has 0 aromatic heterocycles. The predicted octanol–water partition coefficient (Wildman–Crippen LogP) is 4.89. The second-order valence-electron chi connectivity index (χ2n) is 6.30. The molecule has 0 aliphatic heterocycles. The first-order valence-corrected chi connectivity index (χ1v) is 8.53. The van der Waals surface area contributed by atoms with Crippen LogP contribution in [-0.2, 0) is 11.2 Å². The summed E-state index contributed by atoms with van der Waals surface area (Å²) in [5, 5.41) is 9.65. The van der Waals surface area contributed by atoms with E-state index in [2.05, 4.69) is 6.92 Å². The number of benzene rings is 2. The minimum Gasteiger partial charge on any atom is -0.494 e. The molecule has 0 aliphatic carbocycles. The lowest BCUT2D eigenvalue weighted by molar-refractivity contribution is -0.138. The number of hydrogen-bond donors (Lipinski definition) is 1. The van der Waals surface area contributed by atoms with Gasteiger partial charge in [0.2, 0.25) is 0 Å². The third-order valence-electron chi connectivity index (χ3n) is 4.23. The van der Waals surface area contributed by atoms with E-state index in [0.717, 1.165) is 47.5 Å². The van der Waals surface area contributed by atoms with Crippen molar-refractivity contribution in [3.63, 3.8) is 0 Å². The minimum atomic E-state index is -0.787. The summed E-state index contributed by atoms with van der Waals surface area (Å²) in [5.74, 6) is -0.478. The van der Waals surface area contributed by atoms with E-state index in [4.69, 9.17) is 4.74 Å². The number of carboxylic acid groups (broad SMARTS) is 1. The van der Waals surface area contributed by atoms with Crippen LogP contribution in [0.15, 0.2) is 42.5 Å². The second-order valence-corrected chi connectivity index (χ2v) is 6.30. The van der Waals surface area contributed by atoms with E-state index in [1.165, 1.54) is 0 Å². The molecule has 0 saturated carbocycles. The molecule has 0 heterocycles. The summed E-state index contributed by atoms with van der Waals surface area (Å²) in [7, 11) is 0. The lowest BCUT2D eigenvalue weighted by Crippen LogP contribution is -2.15. The average Bonchev–Trinajstić information content (AvgIpc) is 2.55. The predicted molar refractivity (Wildman–Crippen MR) is 96.8 cm³/mol. The van der Waals surface area contributed by atoms with E-state index < -0.39 is 11.9 Å². The molecule has 2 aromatic rings. The van der Waals surface area contributed by atoms with Gasteiger partial charge >= 0.3 is 5.97 Å². The van der Waals surface area contributed by atoms with Crippen molar-refractivity contribution in [3.05, 3.63) is 64.7 Å². The Bertz CT molecular complexity index is 674. The highest BCUT2D eigenvalue weighted by Gasteiger charge is 2.22. The molecule has 0 saturated heterocycles. The molecular weight excluding hydrogens is 300 g/mol. The van der Waals surface area contributed by atoms with Crippen molar-refractivity contribution >= 4 is 5.97 Å². The van der Waals surface area contributed by atoms with Crippen molar-refractivity contribution in [2.24, 2.45) is 0 Å². The fourth-order valence-electron chi connectivity index (χ4n) is 2.84. The summed E-state index contributed by atoms with van der Waals surface area (Å²) in [5.41, 5.74) is 4.07. The van der Waals surface area contributed by atoms with Crippen LogP contribution in [0.5, 0.6) is 5.75 Å². The van der Waals surface area contributed by atoms with E-state index in [-0.39, 0.29) is 0 Å². The van der Waals surface area contributed by atoms with Gasteiger partial charge in [0.15, 0.2) is 0 Å². The fraction of sp³-hybridized carbons (Fsp3) is 0.381. The van der Waals surface area contributed by atoms with Crippen LogP contribution in [0.1, 0.15) is 47.9 Å². The Morgan fingerprint density at radius 3 is 2.42 bits per heavy atom. The molecule has 0 aliphatic rings. The van der Waals surface area contributed by atoms with Gasteiger partial charge in [0, 0.05) is 0 Å². The first-order chi connectivity index (χ1) is 11.5.